The lowest BCUT2D eigenvalue weighted by molar-refractivity contribution is -0.119. The van der Waals surface area contributed by atoms with E-state index in [2.05, 4.69) is 18.5 Å². The molecule has 1 N–H and O–H groups in total. The molecule has 2 heteroatoms. The van der Waals surface area contributed by atoms with Gasteiger partial charge in [0.05, 0.1) is 0 Å². The van der Waals surface area contributed by atoms with E-state index in [4.69, 9.17) is 0 Å². The van der Waals surface area contributed by atoms with Crippen LogP contribution >= 0.6 is 0 Å². The van der Waals surface area contributed by atoms with E-state index in [1.165, 1.54) is 0 Å². The van der Waals surface area contributed by atoms with E-state index in [9.17, 15) is 4.79 Å². The summed E-state index contributed by atoms with van der Waals surface area (Å²) in [4.78, 5) is 11.0. The van der Waals surface area contributed by atoms with Gasteiger partial charge in [-0.1, -0.05) is 12.2 Å². The van der Waals surface area contributed by atoms with Gasteiger partial charge in [-0.15, -0.1) is 13.2 Å². The molecule has 0 atom stereocenters. The molecule has 1 aliphatic rings. The summed E-state index contributed by atoms with van der Waals surface area (Å²) in [5.41, 5.74) is -0.0689. The van der Waals surface area contributed by atoms with Crippen LogP contribution in [-0.4, -0.2) is 11.4 Å². The summed E-state index contributed by atoms with van der Waals surface area (Å²) in [7, 11) is 0. The summed E-state index contributed by atoms with van der Waals surface area (Å²) < 4.78 is 0. The molecule has 12 heavy (non-hydrogen) atoms. The number of carbonyl (C=O) groups is 1. The molecule has 1 heterocycles. The summed E-state index contributed by atoms with van der Waals surface area (Å²) in [6.07, 6.45) is 6.94. The van der Waals surface area contributed by atoms with Crippen LogP contribution in [0.25, 0.3) is 0 Å². The van der Waals surface area contributed by atoms with Crippen molar-refractivity contribution in [2.45, 2.75) is 31.2 Å². The molecule has 0 aromatic rings. The van der Waals surface area contributed by atoms with Crippen molar-refractivity contribution in [2.24, 2.45) is 0 Å². The zero-order chi connectivity index (χ0) is 9.03. The molecule has 1 saturated heterocycles. The van der Waals surface area contributed by atoms with E-state index < -0.39 is 0 Å². The van der Waals surface area contributed by atoms with Crippen LogP contribution in [0.15, 0.2) is 25.3 Å². The topological polar surface area (TPSA) is 29.1 Å². The van der Waals surface area contributed by atoms with Gasteiger partial charge in [0.15, 0.2) is 0 Å². The third kappa shape index (κ3) is 1.76. The summed E-state index contributed by atoms with van der Waals surface area (Å²) >= 11 is 0. The maximum absolute atomic E-state index is 11.0. The van der Waals surface area contributed by atoms with Crippen LogP contribution < -0.4 is 5.32 Å². The lowest BCUT2D eigenvalue weighted by Gasteiger charge is -2.26. The predicted octanol–water partition coefficient (Wildman–Crippen LogP) is 1.79. The van der Waals surface area contributed by atoms with Gasteiger partial charge < -0.3 is 5.32 Å². The van der Waals surface area contributed by atoms with Gasteiger partial charge in [-0.05, 0) is 19.3 Å². The highest BCUT2D eigenvalue weighted by Crippen LogP contribution is 2.27. The van der Waals surface area contributed by atoms with Gasteiger partial charge in [-0.3, -0.25) is 4.79 Å². The molecule has 66 valence electrons. The maximum Gasteiger partial charge on any atom is 0.220 e. The van der Waals surface area contributed by atoms with E-state index in [0.29, 0.717) is 6.42 Å². The molecule has 0 aromatic heterocycles. The summed E-state index contributed by atoms with van der Waals surface area (Å²) in [5.74, 6) is 0.152. The fourth-order valence-corrected chi connectivity index (χ4v) is 1.72. The molecule has 0 bridgehead atoms. The van der Waals surface area contributed by atoms with Crippen molar-refractivity contribution in [3.8, 4) is 0 Å². The standard InChI is InChI=1S/C10H15NO/c1-3-6-10(7-4-2)8-5-9(12)11-10/h3-4H,1-2,5-8H2,(H,11,12). The lowest BCUT2D eigenvalue weighted by Crippen LogP contribution is -2.40. The summed E-state index contributed by atoms with van der Waals surface area (Å²) in [6, 6.07) is 0. The normalized spacial score (nSPS) is 20.2. The summed E-state index contributed by atoms with van der Waals surface area (Å²) in [5, 5.41) is 2.99. The average Bonchev–Trinajstić information content (AvgIpc) is 2.34. The zero-order valence-corrected chi connectivity index (χ0v) is 7.31. The van der Waals surface area contributed by atoms with Crippen molar-refractivity contribution >= 4 is 5.91 Å². The van der Waals surface area contributed by atoms with Crippen LogP contribution in [-0.2, 0) is 4.79 Å². The smallest absolute Gasteiger partial charge is 0.220 e. The largest absolute Gasteiger partial charge is 0.350 e. The fourth-order valence-electron chi connectivity index (χ4n) is 1.72. The van der Waals surface area contributed by atoms with Gasteiger partial charge in [0, 0.05) is 12.0 Å². The van der Waals surface area contributed by atoms with Crippen molar-refractivity contribution in [2.75, 3.05) is 0 Å². The Balaban J connectivity index is 2.65. The molecule has 1 aliphatic heterocycles. The van der Waals surface area contributed by atoms with Gasteiger partial charge in [-0.2, -0.15) is 0 Å². The Kier molecular flexibility index (Phi) is 2.69. The Morgan fingerprint density at radius 2 is 2.00 bits per heavy atom. The van der Waals surface area contributed by atoms with Crippen LogP contribution in [0, 0.1) is 0 Å². The van der Waals surface area contributed by atoms with Gasteiger partial charge in [0.25, 0.3) is 0 Å². The van der Waals surface area contributed by atoms with Crippen LogP contribution in [0.3, 0.4) is 0 Å². The van der Waals surface area contributed by atoms with Crippen molar-refractivity contribution in [1.29, 1.82) is 0 Å². The Labute approximate surface area is 73.4 Å². The lowest BCUT2D eigenvalue weighted by atomic mass is 9.90. The monoisotopic (exact) mass is 165 g/mol. The van der Waals surface area contributed by atoms with Crippen LogP contribution in [0.1, 0.15) is 25.7 Å². The average molecular weight is 165 g/mol. The number of amides is 1. The Morgan fingerprint density at radius 3 is 2.33 bits per heavy atom. The van der Waals surface area contributed by atoms with Crippen LogP contribution in [0.4, 0.5) is 0 Å². The van der Waals surface area contributed by atoms with Gasteiger partial charge in [-0.25, -0.2) is 0 Å². The fraction of sp³-hybridized carbons (Fsp3) is 0.500. The number of carbonyl (C=O) groups excluding carboxylic acids is 1. The maximum atomic E-state index is 11.0. The summed E-state index contributed by atoms with van der Waals surface area (Å²) in [6.45, 7) is 7.38. The number of hydrogen-bond donors (Lipinski definition) is 1. The Bertz CT molecular complexity index is 198. The van der Waals surface area contributed by atoms with Gasteiger partial charge >= 0.3 is 0 Å². The van der Waals surface area contributed by atoms with E-state index in [0.717, 1.165) is 19.3 Å². The molecular formula is C10H15NO. The van der Waals surface area contributed by atoms with Gasteiger partial charge in [0.2, 0.25) is 5.91 Å². The van der Waals surface area contributed by atoms with E-state index in [1.54, 1.807) is 0 Å². The third-order valence-electron chi connectivity index (χ3n) is 2.31. The second-order valence-corrected chi connectivity index (χ2v) is 3.31. The minimum Gasteiger partial charge on any atom is -0.350 e. The van der Waals surface area contributed by atoms with Gasteiger partial charge in [0.1, 0.15) is 0 Å². The first-order valence-corrected chi connectivity index (χ1v) is 4.25. The quantitative estimate of drug-likeness (QED) is 0.632. The van der Waals surface area contributed by atoms with E-state index in [1.807, 2.05) is 12.2 Å². The van der Waals surface area contributed by atoms with Crippen molar-refractivity contribution in [1.82, 2.24) is 5.32 Å². The second-order valence-electron chi connectivity index (χ2n) is 3.31. The molecule has 1 fully saturated rings. The minimum atomic E-state index is -0.0689. The molecule has 0 radical (unpaired) electrons. The minimum absolute atomic E-state index is 0.0689. The number of hydrogen-bond acceptors (Lipinski definition) is 1. The van der Waals surface area contributed by atoms with Crippen LogP contribution in [0.2, 0.25) is 0 Å². The van der Waals surface area contributed by atoms with E-state index in [-0.39, 0.29) is 11.4 Å². The first-order chi connectivity index (χ1) is 5.72. The van der Waals surface area contributed by atoms with Crippen molar-refractivity contribution in [3.63, 3.8) is 0 Å². The van der Waals surface area contributed by atoms with Crippen molar-refractivity contribution < 1.29 is 4.79 Å². The van der Waals surface area contributed by atoms with Crippen molar-refractivity contribution in [3.05, 3.63) is 25.3 Å². The molecule has 2 nitrogen and oxygen atoms in total. The third-order valence-corrected chi connectivity index (χ3v) is 2.31. The van der Waals surface area contributed by atoms with E-state index >= 15 is 0 Å². The molecule has 0 aliphatic carbocycles. The Hall–Kier alpha value is -1.05. The second kappa shape index (κ2) is 3.57. The first-order valence-electron chi connectivity index (χ1n) is 4.25. The zero-order valence-electron chi connectivity index (χ0n) is 7.31. The molecule has 0 unspecified atom stereocenters. The molecule has 0 saturated carbocycles. The highest BCUT2D eigenvalue weighted by molar-refractivity contribution is 5.79. The SMILES string of the molecule is C=CCC1(CC=C)CCC(=O)N1. The predicted molar refractivity (Wildman–Crippen MR) is 49.7 cm³/mol. The highest BCUT2D eigenvalue weighted by atomic mass is 16.2. The number of rotatable bonds is 4. The Morgan fingerprint density at radius 1 is 1.42 bits per heavy atom. The highest BCUT2D eigenvalue weighted by Gasteiger charge is 2.34. The molecule has 0 spiro atoms. The number of nitrogens with one attached hydrogen (secondary N) is 1. The molecule has 1 rings (SSSR count). The molecular weight excluding hydrogens is 150 g/mol. The molecule has 1 amide bonds. The molecule has 0 aromatic carbocycles. The van der Waals surface area contributed by atoms with Crippen LogP contribution in [0.5, 0.6) is 0 Å². The first kappa shape index (κ1) is 9.04.